The van der Waals surface area contributed by atoms with Crippen LogP contribution in [0, 0.1) is 0 Å². The SMILES string of the molecule is CC(NC(=O)c1cn(CC(=O)O)nn1)C(=O)NC1CC1. The Morgan fingerprint density at radius 3 is 2.80 bits per heavy atom. The van der Waals surface area contributed by atoms with Gasteiger partial charge in [-0.2, -0.15) is 0 Å². The number of hydrogen-bond acceptors (Lipinski definition) is 5. The van der Waals surface area contributed by atoms with Crippen LogP contribution in [0.1, 0.15) is 30.3 Å². The number of carboxylic acids is 1. The van der Waals surface area contributed by atoms with Gasteiger partial charge in [-0.25, -0.2) is 4.68 Å². The van der Waals surface area contributed by atoms with Crippen LogP contribution >= 0.6 is 0 Å². The number of rotatable bonds is 6. The van der Waals surface area contributed by atoms with Crippen molar-refractivity contribution in [3.05, 3.63) is 11.9 Å². The first-order valence-corrected chi connectivity index (χ1v) is 6.19. The second-order valence-electron chi connectivity index (χ2n) is 4.67. The van der Waals surface area contributed by atoms with Crippen molar-refractivity contribution in [2.45, 2.75) is 38.4 Å². The predicted octanol–water partition coefficient (Wildman–Crippen LogP) is -1.24. The summed E-state index contributed by atoms with van der Waals surface area (Å²) in [5.41, 5.74) is -0.0303. The van der Waals surface area contributed by atoms with E-state index in [2.05, 4.69) is 20.9 Å². The molecule has 9 heteroatoms. The topological polar surface area (TPSA) is 126 Å². The minimum absolute atomic E-state index is 0.0303. The molecule has 1 fully saturated rings. The minimum atomic E-state index is -1.08. The number of aromatic nitrogens is 3. The molecule has 1 saturated carbocycles. The van der Waals surface area contributed by atoms with E-state index in [0.29, 0.717) is 0 Å². The normalized spacial score (nSPS) is 15.4. The second-order valence-corrected chi connectivity index (χ2v) is 4.67. The smallest absolute Gasteiger partial charge is 0.325 e. The van der Waals surface area contributed by atoms with Gasteiger partial charge in [0.25, 0.3) is 5.91 Å². The fraction of sp³-hybridized carbons (Fsp3) is 0.545. The van der Waals surface area contributed by atoms with Crippen LogP contribution in [0.4, 0.5) is 0 Å². The molecule has 0 aromatic carbocycles. The summed E-state index contributed by atoms with van der Waals surface area (Å²) < 4.78 is 1.03. The molecule has 1 atom stereocenters. The highest BCUT2D eigenvalue weighted by atomic mass is 16.4. The van der Waals surface area contributed by atoms with Crippen molar-refractivity contribution in [2.24, 2.45) is 0 Å². The van der Waals surface area contributed by atoms with Gasteiger partial charge in [0.2, 0.25) is 5.91 Å². The van der Waals surface area contributed by atoms with Gasteiger partial charge in [-0.05, 0) is 19.8 Å². The average molecular weight is 281 g/mol. The number of amides is 2. The van der Waals surface area contributed by atoms with E-state index in [4.69, 9.17) is 5.11 Å². The number of nitrogens with one attached hydrogen (secondary N) is 2. The van der Waals surface area contributed by atoms with Crippen molar-refractivity contribution in [1.29, 1.82) is 0 Å². The minimum Gasteiger partial charge on any atom is -0.480 e. The zero-order valence-electron chi connectivity index (χ0n) is 10.9. The fourth-order valence-electron chi connectivity index (χ4n) is 1.51. The highest BCUT2D eigenvalue weighted by Gasteiger charge is 2.26. The molecule has 0 spiro atoms. The van der Waals surface area contributed by atoms with Gasteiger partial charge in [-0.3, -0.25) is 14.4 Å². The molecular formula is C11H15N5O4. The summed E-state index contributed by atoms with van der Waals surface area (Å²) in [4.78, 5) is 34.0. The van der Waals surface area contributed by atoms with Crippen molar-refractivity contribution in [1.82, 2.24) is 25.6 Å². The second kappa shape index (κ2) is 5.68. The molecule has 3 N–H and O–H groups in total. The molecule has 9 nitrogen and oxygen atoms in total. The third-order valence-corrected chi connectivity index (χ3v) is 2.73. The summed E-state index contributed by atoms with van der Waals surface area (Å²) in [5, 5.41) is 20.9. The summed E-state index contributed by atoms with van der Waals surface area (Å²) in [6, 6.07) is -0.467. The van der Waals surface area contributed by atoms with E-state index in [0.717, 1.165) is 17.5 Å². The molecule has 1 unspecified atom stereocenters. The third-order valence-electron chi connectivity index (χ3n) is 2.73. The Morgan fingerprint density at radius 1 is 1.50 bits per heavy atom. The van der Waals surface area contributed by atoms with Crippen LogP contribution in [0.3, 0.4) is 0 Å². The number of aliphatic carboxylic acids is 1. The van der Waals surface area contributed by atoms with Gasteiger partial charge < -0.3 is 15.7 Å². The van der Waals surface area contributed by atoms with Crippen molar-refractivity contribution in [2.75, 3.05) is 0 Å². The first-order valence-electron chi connectivity index (χ1n) is 6.19. The van der Waals surface area contributed by atoms with Crippen LogP contribution < -0.4 is 10.6 Å². The lowest BCUT2D eigenvalue weighted by Crippen LogP contribution is -2.45. The lowest BCUT2D eigenvalue weighted by molar-refractivity contribution is -0.138. The molecule has 2 amide bonds. The monoisotopic (exact) mass is 281 g/mol. The highest BCUT2D eigenvalue weighted by Crippen LogP contribution is 2.18. The maximum absolute atomic E-state index is 11.8. The van der Waals surface area contributed by atoms with Crippen LogP contribution in [0.5, 0.6) is 0 Å². The quantitative estimate of drug-likeness (QED) is 0.598. The van der Waals surface area contributed by atoms with Gasteiger partial charge in [0.15, 0.2) is 5.69 Å². The standard InChI is InChI=1S/C11H15N5O4/c1-6(10(19)13-7-2-3-7)12-11(20)8-4-16(15-14-8)5-9(17)18/h4,6-7H,2-3,5H2,1H3,(H,12,20)(H,13,19)(H,17,18). The van der Waals surface area contributed by atoms with Crippen molar-refractivity contribution < 1.29 is 19.5 Å². The summed E-state index contributed by atoms with van der Waals surface area (Å²) in [7, 11) is 0. The van der Waals surface area contributed by atoms with Crippen LogP contribution in [0.15, 0.2) is 6.20 Å². The van der Waals surface area contributed by atoms with Gasteiger partial charge >= 0.3 is 5.97 Å². The zero-order valence-corrected chi connectivity index (χ0v) is 10.9. The Balaban J connectivity index is 1.88. The van der Waals surface area contributed by atoms with Crippen LogP contribution in [0.2, 0.25) is 0 Å². The molecule has 0 radical (unpaired) electrons. The van der Waals surface area contributed by atoms with E-state index in [1.807, 2.05) is 0 Å². The predicted molar refractivity (Wildman–Crippen MR) is 65.8 cm³/mol. The molecule has 0 bridgehead atoms. The maximum atomic E-state index is 11.8. The average Bonchev–Trinajstić information content (AvgIpc) is 3.05. The number of carboxylic acid groups (broad SMARTS) is 1. The molecular weight excluding hydrogens is 266 g/mol. The number of carbonyl (C=O) groups is 3. The summed E-state index contributed by atoms with van der Waals surface area (Å²) >= 11 is 0. The molecule has 1 aliphatic rings. The molecule has 0 aliphatic heterocycles. The zero-order chi connectivity index (χ0) is 14.7. The molecule has 1 aromatic rings. The molecule has 0 saturated heterocycles. The van der Waals surface area contributed by atoms with Gasteiger partial charge in [-0.15, -0.1) is 5.10 Å². The molecule has 1 heterocycles. The number of nitrogens with zero attached hydrogens (tertiary/aromatic N) is 3. The number of carbonyl (C=O) groups excluding carboxylic acids is 2. The Morgan fingerprint density at radius 2 is 2.20 bits per heavy atom. The Hall–Kier alpha value is -2.45. The molecule has 2 rings (SSSR count). The van der Waals surface area contributed by atoms with Crippen LogP contribution in [-0.2, 0) is 16.1 Å². The van der Waals surface area contributed by atoms with Crippen molar-refractivity contribution in [3.63, 3.8) is 0 Å². The van der Waals surface area contributed by atoms with E-state index >= 15 is 0 Å². The van der Waals surface area contributed by atoms with Crippen molar-refractivity contribution >= 4 is 17.8 Å². The van der Waals surface area contributed by atoms with Crippen LogP contribution in [-0.4, -0.2) is 50.0 Å². The highest BCUT2D eigenvalue weighted by molar-refractivity contribution is 5.95. The first kappa shape index (κ1) is 14.0. The van der Waals surface area contributed by atoms with Gasteiger partial charge in [0, 0.05) is 6.04 Å². The van der Waals surface area contributed by atoms with Gasteiger partial charge in [0.1, 0.15) is 12.6 Å². The van der Waals surface area contributed by atoms with Gasteiger partial charge in [0.05, 0.1) is 6.20 Å². The Bertz CT molecular complexity index is 537. The molecule has 108 valence electrons. The van der Waals surface area contributed by atoms with E-state index in [1.165, 1.54) is 6.20 Å². The summed E-state index contributed by atoms with van der Waals surface area (Å²) in [6.07, 6.45) is 3.15. The number of hydrogen-bond donors (Lipinski definition) is 3. The molecule has 20 heavy (non-hydrogen) atoms. The van der Waals surface area contributed by atoms with Gasteiger partial charge in [-0.1, -0.05) is 5.21 Å². The Kier molecular flexibility index (Phi) is 3.97. The van der Waals surface area contributed by atoms with E-state index in [9.17, 15) is 14.4 Å². The van der Waals surface area contributed by atoms with E-state index in [-0.39, 0.29) is 24.2 Å². The van der Waals surface area contributed by atoms with E-state index in [1.54, 1.807) is 6.92 Å². The molecule has 1 aliphatic carbocycles. The van der Waals surface area contributed by atoms with Crippen molar-refractivity contribution in [3.8, 4) is 0 Å². The molecule has 1 aromatic heterocycles. The maximum Gasteiger partial charge on any atom is 0.325 e. The fourth-order valence-corrected chi connectivity index (χ4v) is 1.51. The van der Waals surface area contributed by atoms with E-state index < -0.39 is 17.9 Å². The Labute approximate surface area is 114 Å². The van der Waals surface area contributed by atoms with Crippen LogP contribution in [0.25, 0.3) is 0 Å². The lowest BCUT2D eigenvalue weighted by atomic mass is 10.3. The largest absolute Gasteiger partial charge is 0.480 e. The summed E-state index contributed by atoms with van der Waals surface area (Å²) in [6.45, 7) is 1.19. The third kappa shape index (κ3) is 3.77. The lowest BCUT2D eigenvalue weighted by Gasteiger charge is -2.12. The first-order chi connectivity index (χ1) is 9.45. The summed E-state index contributed by atoms with van der Waals surface area (Å²) in [5.74, 6) is -1.90.